The van der Waals surface area contributed by atoms with Crippen molar-refractivity contribution in [2.45, 2.75) is 25.8 Å². The fraction of sp³-hybridized carbons (Fsp3) is 0.364. The third-order valence-corrected chi connectivity index (χ3v) is 5.48. The molecule has 6 heteroatoms. The zero-order valence-corrected chi connectivity index (χ0v) is 15.7. The molecule has 0 aromatic heterocycles. The maximum Gasteiger partial charge on any atom is 0.229 e. The van der Waals surface area contributed by atoms with E-state index in [4.69, 9.17) is 0 Å². The molecule has 0 saturated carbocycles. The zero-order valence-electron chi connectivity index (χ0n) is 15.7. The molecule has 2 fully saturated rings. The molecule has 1 atom stereocenters. The highest BCUT2D eigenvalue weighted by Gasteiger charge is 2.34. The zero-order chi connectivity index (χ0) is 19.5. The Bertz CT molecular complexity index is 845. The third kappa shape index (κ3) is 4.16. The molecule has 0 spiro atoms. The van der Waals surface area contributed by atoms with Gasteiger partial charge in [0, 0.05) is 44.0 Å². The summed E-state index contributed by atoms with van der Waals surface area (Å²) >= 11 is 0. The van der Waals surface area contributed by atoms with Crippen molar-refractivity contribution in [2.24, 2.45) is 5.92 Å². The number of amides is 2. The van der Waals surface area contributed by atoms with Crippen molar-refractivity contribution in [3.8, 4) is 0 Å². The summed E-state index contributed by atoms with van der Waals surface area (Å²) in [5, 5.41) is 2.93. The third-order valence-electron chi connectivity index (χ3n) is 5.48. The van der Waals surface area contributed by atoms with Crippen molar-refractivity contribution in [2.75, 3.05) is 29.9 Å². The fourth-order valence-corrected chi connectivity index (χ4v) is 3.89. The predicted molar refractivity (Wildman–Crippen MR) is 106 cm³/mol. The summed E-state index contributed by atoms with van der Waals surface area (Å²) in [6.07, 6.45) is 2.66. The van der Waals surface area contributed by atoms with Crippen LogP contribution in [0.1, 0.15) is 24.8 Å². The molecule has 4 rings (SSSR count). The molecule has 0 aliphatic carbocycles. The minimum atomic E-state index is -0.369. The number of benzene rings is 2. The standard InChI is InChI=1S/C22H24FN3O2/c23-18-5-3-16(4-6-18)14-26-15-17(13-21(26)27)22(28)24-19-7-9-20(10-8-19)25-11-1-2-12-25/h3-10,17H,1-2,11-15H2,(H,24,28). The van der Waals surface area contributed by atoms with E-state index in [1.165, 1.54) is 30.7 Å². The van der Waals surface area contributed by atoms with Gasteiger partial charge in [-0.2, -0.15) is 0 Å². The summed E-state index contributed by atoms with van der Waals surface area (Å²) in [6, 6.07) is 14.0. The van der Waals surface area contributed by atoms with Crippen LogP contribution in [0.3, 0.4) is 0 Å². The summed E-state index contributed by atoms with van der Waals surface area (Å²) in [4.78, 5) is 28.9. The lowest BCUT2D eigenvalue weighted by molar-refractivity contribution is -0.128. The Morgan fingerprint density at radius 1 is 1.04 bits per heavy atom. The number of halogens is 1. The van der Waals surface area contributed by atoms with Gasteiger partial charge in [0.25, 0.3) is 0 Å². The van der Waals surface area contributed by atoms with Crippen LogP contribution in [0.15, 0.2) is 48.5 Å². The van der Waals surface area contributed by atoms with Gasteiger partial charge in [-0.05, 0) is 54.8 Å². The van der Waals surface area contributed by atoms with Crippen LogP contribution in [0.4, 0.5) is 15.8 Å². The van der Waals surface area contributed by atoms with Crippen molar-refractivity contribution in [3.63, 3.8) is 0 Å². The SMILES string of the molecule is O=C(Nc1ccc(N2CCCC2)cc1)C1CC(=O)N(Cc2ccc(F)cc2)C1. The molecule has 5 nitrogen and oxygen atoms in total. The smallest absolute Gasteiger partial charge is 0.229 e. The molecular formula is C22H24FN3O2. The van der Waals surface area contributed by atoms with Gasteiger partial charge >= 0.3 is 0 Å². The van der Waals surface area contributed by atoms with Crippen LogP contribution in [0.25, 0.3) is 0 Å². The summed E-state index contributed by atoms with van der Waals surface area (Å²) in [6.45, 7) is 2.95. The molecule has 1 unspecified atom stereocenters. The molecule has 2 aromatic rings. The van der Waals surface area contributed by atoms with Crippen molar-refractivity contribution >= 4 is 23.2 Å². The molecule has 2 amide bonds. The first kappa shape index (κ1) is 18.5. The fourth-order valence-electron chi connectivity index (χ4n) is 3.89. The first-order valence-electron chi connectivity index (χ1n) is 9.76. The van der Waals surface area contributed by atoms with Gasteiger partial charge in [-0.1, -0.05) is 12.1 Å². The molecular weight excluding hydrogens is 357 g/mol. The van der Waals surface area contributed by atoms with Gasteiger partial charge in [0.2, 0.25) is 11.8 Å². The van der Waals surface area contributed by atoms with Gasteiger partial charge in [-0.25, -0.2) is 4.39 Å². The molecule has 2 heterocycles. The van der Waals surface area contributed by atoms with E-state index < -0.39 is 0 Å². The van der Waals surface area contributed by atoms with Crippen molar-refractivity contribution in [1.29, 1.82) is 0 Å². The molecule has 2 saturated heterocycles. The first-order chi connectivity index (χ1) is 13.6. The number of likely N-dealkylation sites (tertiary alicyclic amines) is 1. The van der Waals surface area contributed by atoms with Crippen molar-refractivity contribution in [1.82, 2.24) is 4.90 Å². The number of nitrogens with one attached hydrogen (secondary N) is 1. The lowest BCUT2D eigenvalue weighted by Crippen LogP contribution is -2.28. The van der Waals surface area contributed by atoms with Crippen molar-refractivity contribution < 1.29 is 14.0 Å². The number of nitrogens with zero attached hydrogens (tertiary/aromatic N) is 2. The van der Waals surface area contributed by atoms with Crippen molar-refractivity contribution in [3.05, 3.63) is 59.9 Å². The molecule has 1 N–H and O–H groups in total. The monoisotopic (exact) mass is 381 g/mol. The Balaban J connectivity index is 1.33. The number of carbonyl (C=O) groups excluding carboxylic acids is 2. The van der Waals surface area contributed by atoms with Crippen LogP contribution in [0.2, 0.25) is 0 Å². The predicted octanol–water partition coefficient (Wildman–Crippen LogP) is 3.41. The summed E-state index contributed by atoms with van der Waals surface area (Å²) < 4.78 is 13.0. The second-order valence-electron chi connectivity index (χ2n) is 7.53. The Hall–Kier alpha value is -2.89. The Morgan fingerprint density at radius 3 is 2.39 bits per heavy atom. The van der Waals surface area contributed by atoms with E-state index in [1.807, 2.05) is 24.3 Å². The molecule has 2 aliphatic rings. The molecule has 2 aliphatic heterocycles. The maximum absolute atomic E-state index is 13.0. The summed E-state index contributed by atoms with van der Waals surface area (Å²) in [5.74, 6) is -0.853. The number of hydrogen-bond acceptors (Lipinski definition) is 3. The van der Waals surface area contributed by atoms with Gasteiger partial charge in [-0.15, -0.1) is 0 Å². The summed E-state index contributed by atoms with van der Waals surface area (Å²) in [7, 11) is 0. The Morgan fingerprint density at radius 2 is 1.71 bits per heavy atom. The second kappa shape index (κ2) is 8.00. The van der Waals surface area contributed by atoms with E-state index in [-0.39, 0.29) is 30.0 Å². The molecule has 0 bridgehead atoms. The van der Waals surface area contributed by atoms with E-state index in [1.54, 1.807) is 17.0 Å². The van der Waals surface area contributed by atoms with Gasteiger partial charge < -0.3 is 15.1 Å². The van der Waals surface area contributed by atoms with Crippen LogP contribution in [-0.2, 0) is 16.1 Å². The van der Waals surface area contributed by atoms with E-state index >= 15 is 0 Å². The van der Waals surface area contributed by atoms with Crippen LogP contribution >= 0.6 is 0 Å². The molecule has 2 aromatic carbocycles. The lowest BCUT2D eigenvalue weighted by Gasteiger charge is -2.18. The average Bonchev–Trinajstić information content (AvgIpc) is 3.35. The van der Waals surface area contributed by atoms with E-state index in [9.17, 15) is 14.0 Å². The molecule has 28 heavy (non-hydrogen) atoms. The highest BCUT2D eigenvalue weighted by molar-refractivity contribution is 5.97. The van der Waals surface area contributed by atoms with Gasteiger partial charge in [0.05, 0.1) is 5.92 Å². The number of carbonyl (C=O) groups is 2. The highest BCUT2D eigenvalue weighted by Crippen LogP contribution is 2.24. The number of anilines is 2. The molecule has 0 radical (unpaired) electrons. The van der Waals surface area contributed by atoms with E-state index in [2.05, 4.69) is 10.2 Å². The highest BCUT2D eigenvalue weighted by atomic mass is 19.1. The minimum Gasteiger partial charge on any atom is -0.372 e. The van der Waals surface area contributed by atoms with Crippen LogP contribution < -0.4 is 10.2 Å². The lowest BCUT2D eigenvalue weighted by atomic mass is 10.1. The summed E-state index contributed by atoms with van der Waals surface area (Å²) in [5.41, 5.74) is 2.78. The Labute approximate surface area is 164 Å². The second-order valence-corrected chi connectivity index (χ2v) is 7.53. The largest absolute Gasteiger partial charge is 0.372 e. The van der Waals surface area contributed by atoms with E-state index in [0.29, 0.717) is 13.1 Å². The molecule has 146 valence electrons. The minimum absolute atomic E-state index is 0.0474. The van der Waals surface area contributed by atoms with Gasteiger partial charge in [0.15, 0.2) is 0 Å². The van der Waals surface area contributed by atoms with Gasteiger partial charge in [-0.3, -0.25) is 9.59 Å². The normalized spacial score (nSPS) is 19.3. The maximum atomic E-state index is 13.0. The van der Waals surface area contributed by atoms with Crippen LogP contribution in [0, 0.1) is 11.7 Å². The topological polar surface area (TPSA) is 52.7 Å². The number of hydrogen-bond donors (Lipinski definition) is 1. The average molecular weight is 381 g/mol. The quantitative estimate of drug-likeness (QED) is 0.864. The van der Waals surface area contributed by atoms with Crippen LogP contribution in [-0.4, -0.2) is 36.3 Å². The van der Waals surface area contributed by atoms with E-state index in [0.717, 1.165) is 24.3 Å². The first-order valence-corrected chi connectivity index (χ1v) is 9.76. The Kier molecular flexibility index (Phi) is 5.28. The van der Waals surface area contributed by atoms with Crippen LogP contribution in [0.5, 0.6) is 0 Å². The number of rotatable bonds is 5. The van der Waals surface area contributed by atoms with Gasteiger partial charge in [0.1, 0.15) is 5.82 Å².